The van der Waals surface area contributed by atoms with Crippen molar-refractivity contribution in [2.45, 2.75) is 33.1 Å². The molecule has 1 aromatic heterocycles. The summed E-state index contributed by atoms with van der Waals surface area (Å²) < 4.78 is 0. The van der Waals surface area contributed by atoms with Crippen molar-refractivity contribution in [3.05, 3.63) is 58.8 Å². The van der Waals surface area contributed by atoms with Gasteiger partial charge in [-0.1, -0.05) is 30.3 Å². The molecule has 1 aliphatic heterocycles. The van der Waals surface area contributed by atoms with E-state index in [4.69, 9.17) is 0 Å². The molecule has 0 amide bonds. The van der Waals surface area contributed by atoms with Gasteiger partial charge in [0.1, 0.15) is 0 Å². The SMILES string of the molecule is Cc1nc2ccccc2c(-c2ccc3c(c2C)NCCC3)c1CC(=O)O. The van der Waals surface area contributed by atoms with Crippen molar-refractivity contribution in [2.24, 2.45) is 0 Å². The number of hydrogen-bond donors (Lipinski definition) is 2. The highest BCUT2D eigenvalue weighted by Gasteiger charge is 2.21. The molecule has 0 radical (unpaired) electrons. The molecular weight excluding hydrogens is 324 g/mol. The number of nitrogens with zero attached hydrogens (tertiary/aromatic N) is 1. The van der Waals surface area contributed by atoms with Gasteiger partial charge in [0.15, 0.2) is 0 Å². The van der Waals surface area contributed by atoms with Crippen molar-refractivity contribution in [1.29, 1.82) is 0 Å². The second-order valence-electron chi connectivity index (χ2n) is 6.94. The molecule has 0 unspecified atom stereocenters. The van der Waals surface area contributed by atoms with Gasteiger partial charge in [0.25, 0.3) is 0 Å². The van der Waals surface area contributed by atoms with E-state index in [1.807, 2.05) is 31.2 Å². The number of nitrogens with one attached hydrogen (secondary N) is 1. The molecule has 0 saturated carbocycles. The summed E-state index contributed by atoms with van der Waals surface area (Å²) in [6, 6.07) is 12.3. The van der Waals surface area contributed by atoms with E-state index in [1.165, 1.54) is 16.8 Å². The highest BCUT2D eigenvalue weighted by Crippen LogP contribution is 2.39. The molecule has 0 bridgehead atoms. The molecule has 4 rings (SSSR count). The van der Waals surface area contributed by atoms with Crippen molar-refractivity contribution >= 4 is 22.6 Å². The second-order valence-corrected chi connectivity index (χ2v) is 6.94. The summed E-state index contributed by atoms with van der Waals surface area (Å²) in [5.41, 5.74) is 8.31. The number of aryl methyl sites for hydroxylation is 2. The van der Waals surface area contributed by atoms with Gasteiger partial charge in [-0.2, -0.15) is 0 Å². The van der Waals surface area contributed by atoms with Crippen LogP contribution in [-0.4, -0.2) is 22.6 Å². The largest absolute Gasteiger partial charge is 0.481 e. The molecule has 2 N–H and O–H groups in total. The number of carbonyl (C=O) groups is 1. The smallest absolute Gasteiger partial charge is 0.307 e. The Hall–Kier alpha value is -2.88. The van der Waals surface area contributed by atoms with Crippen molar-refractivity contribution in [3.63, 3.8) is 0 Å². The average Bonchev–Trinajstić information content (AvgIpc) is 2.63. The fraction of sp³-hybridized carbons (Fsp3) is 0.273. The highest BCUT2D eigenvalue weighted by molar-refractivity contribution is 5.99. The molecule has 2 heterocycles. The van der Waals surface area contributed by atoms with E-state index in [0.29, 0.717) is 0 Å². The Labute approximate surface area is 152 Å². The fourth-order valence-corrected chi connectivity index (χ4v) is 4.03. The minimum absolute atomic E-state index is 0.0248. The van der Waals surface area contributed by atoms with E-state index in [-0.39, 0.29) is 6.42 Å². The number of rotatable bonds is 3. The van der Waals surface area contributed by atoms with Gasteiger partial charge in [-0.25, -0.2) is 0 Å². The van der Waals surface area contributed by atoms with Crippen LogP contribution in [0, 0.1) is 13.8 Å². The lowest BCUT2D eigenvalue weighted by molar-refractivity contribution is -0.136. The maximum absolute atomic E-state index is 11.5. The number of aromatic nitrogens is 1. The topological polar surface area (TPSA) is 62.2 Å². The lowest BCUT2D eigenvalue weighted by atomic mass is 9.87. The molecule has 0 saturated heterocycles. The Balaban J connectivity index is 2.05. The number of hydrogen-bond acceptors (Lipinski definition) is 3. The number of fused-ring (bicyclic) bond motifs is 2. The molecule has 1 aliphatic rings. The zero-order valence-corrected chi connectivity index (χ0v) is 15.1. The lowest BCUT2D eigenvalue weighted by Crippen LogP contribution is -2.14. The van der Waals surface area contributed by atoms with Crippen LogP contribution in [0.25, 0.3) is 22.0 Å². The van der Waals surface area contributed by atoms with Crippen molar-refractivity contribution in [1.82, 2.24) is 4.98 Å². The molecule has 2 aromatic carbocycles. The number of benzene rings is 2. The van der Waals surface area contributed by atoms with Gasteiger partial charge in [0.05, 0.1) is 11.9 Å². The third kappa shape index (κ3) is 2.71. The van der Waals surface area contributed by atoms with Crippen LogP contribution >= 0.6 is 0 Å². The summed E-state index contributed by atoms with van der Waals surface area (Å²) in [4.78, 5) is 16.2. The normalized spacial score (nSPS) is 13.3. The minimum Gasteiger partial charge on any atom is -0.481 e. The minimum atomic E-state index is -0.833. The lowest BCUT2D eigenvalue weighted by Gasteiger charge is -2.24. The van der Waals surface area contributed by atoms with Crippen LogP contribution in [0.2, 0.25) is 0 Å². The van der Waals surface area contributed by atoms with E-state index >= 15 is 0 Å². The van der Waals surface area contributed by atoms with Gasteiger partial charge in [-0.3, -0.25) is 9.78 Å². The molecule has 4 heteroatoms. The Bertz CT molecular complexity index is 1020. The van der Waals surface area contributed by atoms with Gasteiger partial charge < -0.3 is 10.4 Å². The maximum atomic E-state index is 11.5. The summed E-state index contributed by atoms with van der Waals surface area (Å²) in [6.45, 7) is 5.01. The monoisotopic (exact) mass is 346 g/mol. The Kier molecular flexibility index (Phi) is 4.11. The number of pyridine rings is 1. The standard InChI is InChI=1S/C22H22N2O2/c1-13-16(10-9-15-6-5-11-23-22(13)15)21-17-7-3-4-8-19(17)24-14(2)18(21)12-20(25)26/h3-4,7-10,23H,5-6,11-12H2,1-2H3,(H,25,26). The molecule has 0 fully saturated rings. The summed E-state index contributed by atoms with van der Waals surface area (Å²) in [5.74, 6) is -0.833. The first-order valence-corrected chi connectivity index (χ1v) is 9.03. The Morgan fingerprint density at radius 2 is 2.00 bits per heavy atom. The van der Waals surface area contributed by atoms with Crippen molar-refractivity contribution in [2.75, 3.05) is 11.9 Å². The molecule has 0 atom stereocenters. The van der Waals surface area contributed by atoms with Crippen LogP contribution in [0.3, 0.4) is 0 Å². The first-order chi connectivity index (χ1) is 12.6. The third-order valence-electron chi connectivity index (χ3n) is 5.27. The molecule has 132 valence electrons. The quantitative estimate of drug-likeness (QED) is 0.733. The molecule has 0 aliphatic carbocycles. The summed E-state index contributed by atoms with van der Waals surface area (Å²) in [6.07, 6.45) is 2.21. The van der Waals surface area contributed by atoms with Gasteiger partial charge in [0.2, 0.25) is 0 Å². The van der Waals surface area contributed by atoms with E-state index in [2.05, 4.69) is 29.4 Å². The number of carboxylic acid groups (broad SMARTS) is 1. The van der Waals surface area contributed by atoms with Crippen LogP contribution in [0.15, 0.2) is 36.4 Å². The summed E-state index contributed by atoms with van der Waals surface area (Å²) in [7, 11) is 0. The van der Waals surface area contributed by atoms with Gasteiger partial charge >= 0.3 is 5.97 Å². The third-order valence-corrected chi connectivity index (χ3v) is 5.27. The predicted molar refractivity (Wildman–Crippen MR) is 105 cm³/mol. The summed E-state index contributed by atoms with van der Waals surface area (Å²) >= 11 is 0. The predicted octanol–water partition coefficient (Wildman–Crippen LogP) is 4.50. The first-order valence-electron chi connectivity index (χ1n) is 9.03. The number of carboxylic acids is 1. The van der Waals surface area contributed by atoms with E-state index in [0.717, 1.165) is 52.7 Å². The number of para-hydroxylation sites is 1. The van der Waals surface area contributed by atoms with Crippen LogP contribution in [0.1, 0.15) is 28.8 Å². The zero-order valence-electron chi connectivity index (χ0n) is 15.1. The first kappa shape index (κ1) is 16.6. The maximum Gasteiger partial charge on any atom is 0.307 e. The highest BCUT2D eigenvalue weighted by atomic mass is 16.4. The Morgan fingerprint density at radius 3 is 2.81 bits per heavy atom. The van der Waals surface area contributed by atoms with E-state index in [9.17, 15) is 9.90 Å². The number of aliphatic carboxylic acids is 1. The molecule has 4 nitrogen and oxygen atoms in total. The van der Waals surface area contributed by atoms with Crippen LogP contribution < -0.4 is 5.32 Å². The zero-order chi connectivity index (χ0) is 18.3. The molecule has 26 heavy (non-hydrogen) atoms. The van der Waals surface area contributed by atoms with Crippen LogP contribution in [-0.2, 0) is 17.6 Å². The van der Waals surface area contributed by atoms with Gasteiger partial charge in [0, 0.05) is 23.3 Å². The molecular formula is C22H22N2O2. The van der Waals surface area contributed by atoms with Gasteiger partial charge in [-0.05, 0) is 60.6 Å². The molecule has 0 spiro atoms. The molecule has 3 aromatic rings. The van der Waals surface area contributed by atoms with E-state index < -0.39 is 5.97 Å². The van der Waals surface area contributed by atoms with Crippen molar-refractivity contribution in [3.8, 4) is 11.1 Å². The summed E-state index contributed by atoms with van der Waals surface area (Å²) in [5, 5.41) is 14.0. The fourth-order valence-electron chi connectivity index (χ4n) is 4.03. The van der Waals surface area contributed by atoms with Crippen molar-refractivity contribution < 1.29 is 9.90 Å². The van der Waals surface area contributed by atoms with E-state index in [1.54, 1.807) is 0 Å². The second kappa shape index (κ2) is 6.45. The average molecular weight is 346 g/mol. The Morgan fingerprint density at radius 1 is 1.19 bits per heavy atom. The number of anilines is 1. The van der Waals surface area contributed by atoms with Gasteiger partial charge in [-0.15, -0.1) is 0 Å². The van der Waals surface area contributed by atoms with Crippen LogP contribution in [0.5, 0.6) is 0 Å². The van der Waals surface area contributed by atoms with Crippen LogP contribution in [0.4, 0.5) is 5.69 Å².